The van der Waals surface area contributed by atoms with Gasteiger partial charge in [0, 0.05) is 11.7 Å². The molecule has 4 heterocycles. The summed E-state index contributed by atoms with van der Waals surface area (Å²) >= 11 is 0. The van der Waals surface area contributed by atoms with E-state index in [0.717, 1.165) is 22.1 Å². The van der Waals surface area contributed by atoms with Gasteiger partial charge in [0.05, 0.1) is 28.4 Å². The average molecular weight is 391 g/mol. The van der Waals surface area contributed by atoms with Crippen LogP contribution in [0.2, 0.25) is 0 Å². The van der Waals surface area contributed by atoms with Gasteiger partial charge in [0.1, 0.15) is 5.82 Å². The average Bonchev–Trinajstić information content (AvgIpc) is 2.89. The monoisotopic (exact) mass is 391 g/mol. The molecular weight excluding hydrogens is 365 g/mol. The van der Waals surface area contributed by atoms with Gasteiger partial charge in [-0.3, -0.25) is 4.98 Å². The van der Waals surface area contributed by atoms with Gasteiger partial charge in [-0.25, -0.2) is 4.98 Å². The molecule has 1 fully saturated rings. The second kappa shape index (κ2) is 7.04. The molecule has 1 aliphatic heterocycles. The summed E-state index contributed by atoms with van der Waals surface area (Å²) in [7, 11) is -0.469. The van der Waals surface area contributed by atoms with Crippen LogP contribution in [0, 0.1) is 0 Å². The Balaban J connectivity index is 1.62. The summed E-state index contributed by atoms with van der Waals surface area (Å²) in [5.41, 5.74) is 2.73. The Morgan fingerprint density at radius 3 is 2.34 bits per heavy atom. The Bertz CT molecular complexity index is 1040. The number of rotatable bonds is 4. The lowest BCUT2D eigenvalue weighted by Gasteiger charge is -2.32. The van der Waals surface area contributed by atoms with E-state index in [2.05, 4.69) is 34.3 Å². The van der Waals surface area contributed by atoms with E-state index in [-0.39, 0.29) is 0 Å². The van der Waals surface area contributed by atoms with Crippen LogP contribution >= 0.6 is 0 Å². The third kappa shape index (κ3) is 3.82. The smallest absolute Gasteiger partial charge is 0.399 e. The van der Waals surface area contributed by atoms with Crippen LogP contribution in [-0.2, 0) is 9.31 Å². The van der Waals surface area contributed by atoms with Crippen LogP contribution in [-0.4, -0.2) is 38.5 Å². The topological polar surface area (TPSA) is 82.1 Å². The molecule has 0 unspecified atom stereocenters. The molecule has 0 spiro atoms. The maximum atomic E-state index is 6.14. The van der Waals surface area contributed by atoms with Crippen molar-refractivity contribution in [1.29, 1.82) is 0 Å². The van der Waals surface area contributed by atoms with Crippen molar-refractivity contribution in [2.24, 2.45) is 0 Å². The molecule has 29 heavy (non-hydrogen) atoms. The summed E-state index contributed by atoms with van der Waals surface area (Å²) < 4.78 is 12.3. The van der Waals surface area contributed by atoms with Gasteiger partial charge in [-0.2, -0.15) is 5.10 Å². The zero-order valence-electron chi connectivity index (χ0n) is 17.7. The van der Waals surface area contributed by atoms with Gasteiger partial charge >= 0.3 is 7.12 Å². The fourth-order valence-electron chi connectivity index (χ4n) is 3.09. The summed E-state index contributed by atoms with van der Waals surface area (Å²) in [6.45, 7) is 12.4. The van der Waals surface area contributed by atoms with Crippen LogP contribution in [0.5, 0.6) is 0 Å². The molecule has 0 aliphatic carbocycles. The van der Waals surface area contributed by atoms with Gasteiger partial charge in [0.25, 0.3) is 0 Å². The van der Waals surface area contributed by atoms with Crippen LogP contribution in [0.1, 0.15) is 53.0 Å². The Morgan fingerprint density at radius 1 is 0.931 bits per heavy atom. The Hall–Kier alpha value is -2.58. The molecule has 3 aromatic heterocycles. The van der Waals surface area contributed by atoms with E-state index in [1.54, 1.807) is 12.4 Å². The third-order valence-electron chi connectivity index (χ3n) is 5.68. The van der Waals surface area contributed by atoms with Crippen LogP contribution in [0.3, 0.4) is 0 Å². The maximum Gasteiger partial charge on any atom is 0.496 e. The largest absolute Gasteiger partial charge is 0.496 e. The summed E-state index contributed by atoms with van der Waals surface area (Å²) in [6, 6.07) is 7.76. The molecule has 0 atom stereocenters. The molecule has 3 aromatic rings. The van der Waals surface area contributed by atoms with Gasteiger partial charge in [-0.15, -0.1) is 5.10 Å². The van der Waals surface area contributed by atoms with E-state index in [1.165, 1.54) is 0 Å². The minimum absolute atomic E-state index is 0.377. The highest BCUT2D eigenvalue weighted by molar-refractivity contribution is 6.62. The number of pyridine rings is 2. The zero-order chi connectivity index (χ0) is 20.8. The molecule has 0 radical (unpaired) electrons. The molecule has 0 amide bonds. The number of aromatic nitrogens is 4. The molecule has 1 saturated heterocycles. The molecule has 1 N–H and O–H groups in total. The van der Waals surface area contributed by atoms with Crippen molar-refractivity contribution in [2.45, 2.75) is 58.7 Å². The lowest BCUT2D eigenvalue weighted by molar-refractivity contribution is 0.00578. The van der Waals surface area contributed by atoms with Gasteiger partial charge in [-0.1, -0.05) is 13.8 Å². The SMILES string of the molecule is CC(C)c1cnnc(Nc2ccc3ncc(B4OC(C)(C)C(C)(C)O4)cc3n2)c1. The second-order valence-electron chi connectivity index (χ2n) is 8.75. The summed E-state index contributed by atoms with van der Waals surface area (Å²) in [6.07, 6.45) is 3.57. The van der Waals surface area contributed by atoms with E-state index in [4.69, 9.17) is 14.3 Å². The molecule has 8 heteroatoms. The van der Waals surface area contributed by atoms with Gasteiger partial charge in [-0.05, 0) is 63.4 Å². The molecule has 7 nitrogen and oxygen atoms in total. The highest BCUT2D eigenvalue weighted by atomic mass is 16.7. The minimum atomic E-state index is -0.469. The van der Waals surface area contributed by atoms with Crippen molar-refractivity contribution in [2.75, 3.05) is 5.32 Å². The number of hydrogen-bond acceptors (Lipinski definition) is 7. The Morgan fingerprint density at radius 2 is 1.66 bits per heavy atom. The highest BCUT2D eigenvalue weighted by Gasteiger charge is 2.51. The fraction of sp³-hybridized carbons (Fsp3) is 0.429. The van der Waals surface area contributed by atoms with Crippen molar-refractivity contribution in [3.63, 3.8) is 0 Å². The summed E-state index contributed by atoms with van der Waals surface area (Å²) in [5.74, 6) is 1.72. The minimum Gasteiger partial charge on any atom is -0.399 e. The van der Waals surface area contributed by atoms with Gasteiger partial charge in [0.2, 0.25) is 0 Å². The lowest BCUT2D eigenvalue weighted by Crippen LogP contribution is -2.41. The zero-order valence-corrected chi connectivity index (χ0v) is 17.7. The molecule has 0 saturated carbocycles. The first-order valence-corrected chi connectivity index (χ1v) is 9.87. The Labute approximate surface area is 171 Å². The fourth-order valence-corrected chi connectivity index (χ4v) is 3.09. The Kier molecular flexibility index (Phi) is 4.79. The second-order valence-corrected chi connectivity index (χ2v) is 8.75. The molecule has 0 bridgehead atoms. The number of nitrogens with zero attached hydrogens (tertiary/aromatic N) is 4. The molecular formula is C21H26BN5O2. The summed E-state index contributed by atoms with van der Waals surface area (Å²) in [5, 5.41) is 11.5. The number of hydrogen-bond donors (Lipinski definition) is 1. The predicted molar refractivity (Wildman–Crippen MR) is 115 cm³/mol. The van der Waals surface area contributed by atoms with Crippen LogP contribution < -0.4 is 10.8 Å². The van der Waals surface area contributed by atoms with Crippen LogP contribution in [0.25, 0.3) is 11.0 Å². The third-order valence-corrected chi connectivity index (χ3v) is 5.68. The molecule has 0 aromatic carbocycles. The van der Waals surface area contributed by atoms with Crippen molar-refractivity contribution >= 4 is 35.3 Å². The van der Waals surface area contributed by atoms with Crippen molar-refractivity contribution < 1.29 is 9.31 Å². The lowest BCUT2D eigenvalue weighted by atomic mass is 9.80. The first-order chi connectivity index (χ1) is 13.6. The molecule has 1 aliphatic rings. The van der Waals surface area contributed by atoms with E-state index >= 15 is 0 Å². The normalized spacial score (nSPS) is 17.8. The van der Waals surface area contributed by atoms with Gasteiger partial charge in [0.15, 0.2) is 5.82 Å². The molecule has 4 rings (SSSR count). The van der Waals surface area contributed by atoms with E-state index in [0.29, 0.717) is 17.6 Å². The predicted octanol–water partition coefficient (Wildman–Crippen LogP) is 3.59. The number of fused-ring (bicyclic) bond motifs is 1. The highest BCUT2D eigenvalue weighted by Crippen LogP contribution is 2.36. The van der Waals surface area contributed by atoms with Crippen molar-refractivity contribution in [3.05, 3.63) is 42.2 Å². The first kappa shape index (κ1) is 19.7. The summed E-state index contributed by atoms with van der Waals surface area (Å²) in [4.78, 5) is 9.23. The van der Waals surface area contributed by atoms with E-state index in [1.807, 2.05) is 52.0 Å². The first-order valence-electron chi connectivity index (χ1n) is 9.87. The van der Waals surface area contributed by atoms with Crippen molar-refractivity contribution in [1.82, 2.24) is 20.2 Å². The van der Waals surface area contributed by atoms with Gasteiger partial charge < -0.3 is 14.6 Å². The number of nitrogens with one attached hydrogen (secondary N) is 1. The van der Waals surface area contributed by atoms with E-state index in [9.17, 15) is 0 Å². The standard InChI is InChI=1S/C21H26BN5O2/c1-13(2)14-9-19(27-24-11-14)26-18-8-7-16-17(25-18)10-15(12-23-16)22-28-20(3,4)21(5,6)29-22/h7-13H,1-6H3,(H,25,26,27). The molecule has 150 valence electrons. The van der Waals surface area contributed by atoms with E-state index < -0.39 is 18.3 Å². The van der Waals surface area contributed by atoms with Crippen molar-refractivity contribution in [3.8, 4) is 0 Å². The van der Waals surface area contributed by atoms with Crippen LogP contribution in [0.4, 0.5) is 11.6 Å². The van der Waals surface area contributed by atoms with Crippen LogP contribution in [0.15, 0.2) is 36.7 Å². The quantitative estimate of drug-likeness (QED) is 0.681. The number of anilines is 2. The maximum absolute atomic E-state index is 6.14.